The zero-order valence-electron chi connectivity index (χ0n) is 30.5. The second-order valence-electron chi connectivity index (χ2n) is 14.1. The van der Waals surface area contributed by atoms with Gasteiger partial charge in [-0.3, -0.25) is 14.4 Å². The largest absolute Gasteiger partial charge is 0.497 e. The van der Waals surface area contributed by atoms with Crippen molar-refractivity contribution in [1.29, 1.82) is 0 Å². The van der Waals surface area contributed by atoms with Crippen molar-refractivity contribution in [2.75, 3.05) is 25.6 Å². The van der Waals surface area contributed by atoms with E-state index in [9.17, 15) is 19.5 Å². The van der Waals surface area contributed by atoms with Gasteiger partial charge in [-0.2, -0.15) is 0 Å². The molecule has 1 aromatic heterocycles. The molecular formula is C43H48N4O6. The highest BCUT2D eigenvalue weighted by Crippen LogP contribution is 2.41. The third kappa shape index (κ3) is 10.1. The molecule has 0 aliphatic heterocycles. The van der Waals surface area contributed by atoms with Gasteiger partial charge in [0.25, 0.3) is 11.8 Å². The highest BCUT2D eigenvalue weighted by molar-refractivity contribution is 5.97. The highest BCUT2D eigenvalue weighted by Gasteiger charge is 2.28. The van der Waals surface area contributed by atoms with Gasteiger partial charge in [0, 0.05) is 41.3 Å². The molecule has 2 aliphatic carbocycles. The molecule has 0 spiro atoms. The van der Waals surface area contributed by atoms with Crippen molar-refractivity contribution in [2.24, 2.45) is 17.8 Å². The monoisotopic (exact) mass is 716 g/mol. The molecule has 4 aromatic rings. The molecule has 1 heterocycles. The van der Waals surface area contributed by atoms with Crippen molar-refractivity contribution >= 4 is 29.0 Å². The fourth-order valence-electron chi connectivity index (χ4n) is 7.49. The molecule has 0 saturated heterocycles. The molecule has 2 amide bonds. The van der Waals surface area contributed by atoms with Crippen LogP contribution in [-0.2, 0) is 16.1 Å². The van der Waals surface area contributed by atoms with E-state index in [0.29, 0.717) is 28.6 Å². The first-order chi connectivity index (χ1) is 25.8. The molecule has 1 saturated carbocycles. The minimum Gasteiger partial charge on any atom is -0.497 e. The lowest BCUT2D eigenvalue weighted by Crippen LogP contribution is -2.35. The molecule has 2 N–H and O–H groups in total. The van der Waals surface area contributed by atoms with Crippen LogP contribution in [0.15, 0.2) is 91.3 Å². The van der Waals surface area contributed by atoms with E-state index in [1.807, 2.05) is 36.7 Å². The van der Waals surface area contributed by atoms with Crippen molar-refractivity contribution < 1.29 is 29.0 Å². The van der Waals surface area contributed by atoms with Gasteiger partial charge in [0.15, 0.2) is 12.4 Å². The number of amides is 2. The van der Waals surface area contributed by atoms with Crippen LogP contribution in [0.1, 0.15) is 79.8 Å². The number of hydrogen-bond acceptors (Lipinski definition) is 7. The summed E-state index contributed by atoms with van der Waals surface area (Å²) in [5, 5.41) is 12.3. The molecule has 1 atom stereocenters. The van der Waals surface area contributed by atoms with Gasteiger partial charge >= 0.3 is 5.97 Å². The van der Waals surface area contributed by atoms with Gasteiger partial charge in [0.2, 0.25) is 0 Å². The molecule has 1 unspecified atom stereocenters. The Morgan fingerprint density at radius 1 is 0.830 bits per heavy atom. The zero-order valence-corrected chi connectivity index (χ0v) is 30.5. The van der Waals surface area contributed by atoms with E-state index >= 15 is 0 Å². The number of methoxy groups -OCH3 is 1. The Morgan fingerprint density at radius 2 is 1.51 bits per heavy atom. The fraction of sp³-hybridized carbons (Fsp3) is 0.372. The topological polar surface area (TPSA) is 131 Å². The van der Waals surface area contributed by atoms with E-state index in [-0.39, 0.29) is 19.1 Å². The molecule has 1 fully saturated rings. The minimum atomic E-state index is -1.12. The maximum absolute atomic E-state index is 13.4. The second-order valence-corrected chi connectivity index (χ2v) is 14.1. The molecule has 276 valence electrons. The molecular weight excluding hydrogens is 668 g/mol. The number of carbonyl (C=O) groups excluding carboxylic acids is 2. The van der Waals surface area contributed by atoms with E-state index < -0.39 is 18.4 Å². The Balaban J connectivity index is 1.01. The van der Waals surface area contributed by atoms with Crippen molar-refractivity contribution in [1.82, 2.24) is 14.9 Å². The smallest absolute Gasteiger partial charge is 0.323 e. The molecule has 6 rings (SSSR count). The number of aromatic nitrogens is 2. The normalized spacial score (nSPS) is 18.4. The summed E-state index contributed by atoms with van der Waals surface area (Å²) in [6, 6.07) is 20.7. The number of nitrogens with one attached hydrogen (secondary N) is 1. The van der Waals surface area contributed by atoms with Crippen LogP contribution in [-0.4, -0.2) is 58.0 Å². The standard InChI is InChI=1S/C43H48N4O6/c1-3-29-4-8-31(9-5-29)32-12-14-33(15-13-32)36-24-44-42(45-25-36)34-10-6-30(7-11-34)26-47(27-41(49)50)43(51)35-16-18-37(19-17-35)46-40(48)28-53-39-22-20-38(52-2)21-23-39/h6-7,10-11,14,16-25,29,31-32H,3-5,8-9,12-13,15,26-28H2,1-2H3,(H,46,48)(H,49,50). The number of carboxylic acids is 1. The number of carbonyl (C=O) groups is 3. The van der Waals surface area contributed by atoms with E-state index in [1.54, 1.807) is 55.6 Å². The highest BCUT2D eigenvalue weighted by atomic mass is 16.5. The number of aliphatic carboxylic acids is 1. The van der Waals surface area contributed by atoms with Crippen LogP contribution in [0.5, 0.6) is 11.5 Å². The van der Waals surface area contributed by atoms with Gasteiger partial charge < -0.3 is 24.8 Å². The average Bonchev–Trinajstić information content (AvgIpc) is 3.20. The number of hydrogen-bond donors (Lipinski definition) is 2. The molecule has 0 bridgehead atoms. The third-order valence-corrected chi connectivity index (χ3v) is 10.7. The van der Waals surface area contributed by atoms with Crippen LogP contribution in [0, 0.1) is 17.8 Å². The van der Waals surface area contributed by atoms with Crippen LogP contribution >= 0.6 is 0 Å². The number of benzene rings is 3. The maximum atomic E-state index is 13.4. The van der Waals surface area contributed by atoms with Crippen LogP contribution < -0.4 is 14.8 Å². The molecule has 10 nitrogen and oxygen atoms in total. The fourth-order valence-corrected chi connectivity index (χ4v) is 7.49. The van der Waals surface area contributed by atoms with Gasteiger partial charge in [-0.15, -0.1) is 0 Å². The van der Waals surface area contributed by atoms with E-state index in [0.717, 1.165) is 47.3 Å². The zero-order chi connectivity index (χ0) is 37.2. The van der Waals surface area contributed by atoms with E-state index in [2.05, 4.69) is 28.3 Å². The molecule has 10 heteroatoms. The number of rotatable bonds is 14. The minimum absolute atomic E-state index is 0.0988. The first-order valence-corrected chi connectivity index (χ1v) is 18.6. The first kappa shape index (κ1) is 37.3. The summed E-state index contributed by atoms with van der Waals surface area (Å²) < 4.78 is 10.6. The summed E-state index contributed by atoms with van der Waals surface area (Å²) in [5.41, 5.74) is 4.80. The van der Waals surface area contributed by atoms with Crippen molar-refractivity contribution in [2.45, 2.75) is 64.8 Å². The van der Waals surface area contributed by atoms with Gasteiger partial charge in [-0.25, -0.2) is 9.97 Å². The summed E-state index contributed by atoms with van der Waals surface area (Å²) in [5.74, 6) is 2.50. The number of nitrogens with zero attached hydrogens (tertiary/aromatic N) is 3. The predicted octanol–water partition coefficient (Wildman–Crippen LogP) is 8.30. The van der Waals surface area contributed by atoms with E-state index in [4.69, 9.17) is 9.47 Å². The Labute approximate surface area is 311 Å². The van der Waals surface area contributed by atoms with Crippen LogP contribution in [0.2, 0.25) is 0 Å². The van der Waals surface area contributed by atoms with Crippen molar-refractivity contribution in [3.63, 3.8) is 0 Å². The van der Waals surface area contributed by atoms with Gasteiger partial charge in [-0.1, -0.05) is 56.5 Å². The Kier molecular flexibility index (Phi) is 12.5. The third-order valence-electron chi connectivity index (χ3n) is 10.7. The lowest BCUT2D eigenvalue weighted by molar-refractivity contribution is -0.137. The number of carboxylic acid groups (broad SMARTS) is 1. The van der Waals surface area contributed by atoms with Crippen LogP contribution in [0.3, 0.4) is 0 Å². The summed E-state index contributed by atoms with van der Waals surface area (Å²) in [6.45, 7) is 1.75. The van der Waals surface area contributed by atoms with E-state index in [1.165, 1.54) is 49.0 Å². The molecule has 53 heavy (non-hydrogen) atoms. The Hall–Kier alpha value is -5.51. The first-order valence-electron chi connectivity index (χ1n) is 18.6. The van der Waals surface area contributed by atoms with Crippen LogP contribution in [0.25, 0.3) is 17.0 Å². The SMILES string of the molecule is CCC1CCC(C2CC=C(c3cnc(-c4ccc(CN(CC(=O)O)C(=O)c5ccc(NC(=O)COc6ccc(OC)cc6)cc5)cc4)nc3)CC2)CC1. The summed E-state index contributed by atoms with van der Waals surface area (Å²) in [7, 11) is 1.57. The summed E-state index contributed by atoms with van der Waals surface area (Å²) in [4.78, 5) is 48.2. The lowest BCUT2D eigenvalue weighted by atomic mass is 9.71. The van der Waals surface area contributed by atoms with Crippen LogP contribution in [0.4, 0.5) is 5.69 Å². The second kappa shape index (κ2) is 17.8. The van der Waals surface area contributed by atoms with Gasteiger partial charge in [0.05, 0.1) is 7.11 Å². The summed E-state index contributed by atoms with van der Waals surface area (Å²) >= 11 is 0. The predicted molar refractivity (Wildman–Crippen MR) is 204 cm³/mol. The van der Waals surface area contributed by atoms with Crippen molar-refractivity contribution in [3.05, 3.63) is 108 Å². The Bertz CT molecular complexity index is 1870. The molecule has 2 aliphatic rings. The number of allylic oxidation sites excluding steroid dienone is 2. The lowest BCUT2D eigenvalue weighted by Gasteiger charge is -2.35. The average molecular weight is 717 g/mol. The van der Waals surface area contributed by atoms with Gasteiger partial charge in [0.1, 0.15) is 18.0 Å². The molecule has 3 aromatic carbocycles. The van der Waals surface area contributed by atoms with Gasteiger partial charge in [-0.05, 0) is 110 Å². The number of anilines is 1. The number of ether oxygens (including phenoxy) is 2. The summed E-state index contributed by atoms with van der Waals surface area (Å²) in [6.07, 6.45) is 16.6. The quantitative estimate of drug-likeness (QED) is 0.133. The molecule has 0 radical (unpaired) electrons. The Morgan fingerprint density at radius 3 is 2.11 bits per heavy atom. The maximum Gasteiger partial charge on any atom is 0.323 e. The van der Waals surface area contributed by atoms with Crippen molar-refractivity contribution in [3.8, 4) is 22.9 Å².